The van der Waals surface area contributed by atoms with Crippen molar-refractivity contribution in [2.75, 3.05) is 45.6 Å². The molecule has 0 aliphatic carbocycles. The molecule has 1 saturated heterocycles. The van der Waals surface area contributed by atoms with Crippen LogP contribution in [-0.2, 0) is 10.0 Å². The molecule has 1 aromatic rings. The molecule has 21 heavy (non-hydrogen) atoms. The number of benzene rings is 1. The van der Waals surface area contributed by atoms with Crippen LogP contribution in [0.5, 0.6) is 5.75 Å². The van der Waals surface area contributed by atoms with E-state index in [1.807, 2.05) is 32.0 Å². The lowest BCUT2D eigenvalue weighted by Gasteiger charge is -2.33. The third-order valence-electron chi connectivity index (χ3n) is 3.86. The Hall–Kier alpha value is -1.11. The molecule has 0 unspecified atom stereocenters. The Bertz CT molecular complexity index is 558. The summed E-state index contributed by atoms with van der Waals surface area (Å²) in [7, 11) is -3.05. The molecule has 0 radical (unpaired) electrons. The minimum absolute atomic E-state index is 0.572. The second-order valence-electron chi connectivity index (χ2n) is 5.57. The Labute approximate surface area is 127 Å². The van der Waals surface area contributed by atoms with E-state index in [2.05, 4.69) is 4.90 Å². The standard InChI is InChI=1S/C15H24N2O3S/c1-13-5-4-6-14(2)15(13)20-12-11-16-7-9-17(10-8-16)21(3,18)19/h4-6H,7-12H2,1-3H3. The van der Waals surface area contributed by atoms with Crippen LogP contribution < -0.4 is 4.74 Å². The van der Waals surface area contributed by atoms with Gasteiger partial charge in [0.2, 0.25) is 10.0 Å². The SMILES string of the molecule is Cc1cccc(C)c1OCCN1CCN(S(C)(=O)=O)CC1. The normalized spacial score (nSPS) is 17.9. The summed E-state index contributed by atoms with van der Waals surface area (Å²) in [5.41, 5.74) is 2.30. The Morgan fingerprint density at radius 2 is 1.67 bits per heavy atom. The van der Waals surface area contributed by atoms with Crippen molar-refractivity contribution >= 4 is 10.0 Å². The molecule has 0 aromatic heterocycles. The molecule has 5 nitrogen and oxygen atoms in total. The third-order valence-corrected chi connectivity index (χ3v) is 5.17. The molecule has 0 amide bonds. The Morgan fingerprint density at radius 3 is 2.19 bits per heavy atom. The number of aryl methyl sites for hydroxylation is 2. The number of rotatable bonds is 5. The van der Waals surface area contributed by atoms with Crippen LogP contribution >= 0.6 is 0 Å². The lowest BCUT2D eigenvalue weighted by Crippen LogP contribution is -2.49. The number of sulfonamides is 1. The molecule has 1 heterocycles. The number of hydrogen-bond donors (Lipinski definition) is 0. The highest BCUT2D eigenvalue weighted by molar-refractivity contribution is 7.88. The number of nitrogens with zero attached hydrogens (tertiary/aromatic N) is 2. The van der Waals surface area contributed by atoms with Gasteiger partial charge in [0.15, 0.2) is 0 Å². The first-order valence-electron chi connectivity index (χ1n) is 7.24. The topological polar surface area (TPSA) is 49.9 Å². The lowest BCUT2D eigenvalue weighted by atomic mass is 10.1. The van der Waals surface area contributed by atoms with Crippen LogP contribution in [0.4, 0.5) is 0 Å². The first-order valence-corrected chi connectivity index (χ1v) is 9.09. The molecule has 6 heteroatoms. The fourth-order valence-electron chi connectivity index (χ4n) is 2.59. The van der Waals surface area contributed by atoms with E-state index in [1.54, 1.807) is 0 Å². The molecule has 0 atom stereocenters. The molecule has 1 fully saturated rings. The summed E-state index contributed by atoms with van der Waals surface area (Å²) in [6.07, 6.45) is 1.27. The molecule has 118 valence electrons. The molecule has 1 aromatic carbocycles. The predicted molar refractivity (Wildman–Crippen MR) is 84.3 cm³/mol. The van der Waals surface area contributed by atoms with Gasteiger partial charge in [0.25, 0.3) is 0 Å². The van der Waals surface area contributed by atoms with Gasteiger partial charge >= 0.3 is 0 Å². The van der Waals surface area contributed by atoms with Crippen molar-refractivity contribution in [3.8, 4) is 5.75 Å². The maximum Gasteiger partial charge on any atom is 0.211 e. The average molecular weight is 312 g/mol. The monoisotopic (exact) mass is 312 g/mol. The number of para-hydroxylation sites is 1. The maximum atomic E-state index is 11.4. The lowest BCUT2D eigenvalue weighted by molar-refractivity contribution is 0.158. The smallest absolute Gasteiger partial charge is 0.211 e. The maximum absolute atomic E-state index is 11.4. The minimum Gasteiger partial charge on any atom is -0.492 e. The van der Waals surface area contributed by atoms with Crippen molar-refractivity contribution in [3.05, 3.63) is 29.3 Å². The molecular formula is C15H24N2O3S. The highest BCUT2D eigenvalue weighted by Crippen LogP contribution is 2.22. The van der Waals surface area contributed by atoms with Crippen molar-refractivity contribution in [2.45, 2.75) is 13.8 Å². The van der Waals surface area contributed by atoms with E-state index < -0.39 is 10.0 Å². The summed E-state index contributed by atoms with van der Waals surface area (Å²) in [6.45, 7) is 8.23. The summed E-state index contributed by atoms with van der Waals surface area (Å²) >= 11 is 0. The predicted octanol–water partition coefficient (Wildman–Crippen LogP) is 1.26. The molecule has 0 N–H and O–H groups in total. The minimum atomic E-state index is -3.05. The fourth-order valence-corrected chi connectivity index (χ4v) is 3.42. The first kappa shape index (κ1) is 16.3. The highest BCUT2D eigenvalue weighted by atomic mass is 32.2. The van der Waals surface area contributed by atoms with Gasteiger partial charge in [0.05, 0.1) is 6.26 Å². The third kappa shape index (κ3) is 4.43. The zero-order valence-corrected chi connectivity index (χ0v) is 13.8. The zero-order valence-electron chi connectivity index (χ0n) is 13.0. The van der Waals surface area contributed by atoms with Gasteiger partial charge in [-0.15, -0.1) is 0 Å². The van der Waals surface area contributed by atoms with Crippen molar-refractivity contribution in [1.82, 2.24) is 9.21 Å². The highest BCUT2D eigenvalue weighted by Gasteiger charge is 2.23. The van der Waals surface area contributed by atoms with Crippen molar-refractivity contribution in [2.24, 2.45) is 0 Å². The quantitative estimate of drug-likeness (QED) is 0.821. The van der Waals surface area contributed by atoms with Gasteiger partial charge in [-0.2, -0.15) is 4.31 Å². The van der Waals surface area contributed by atoms with Gasteiger partial charge in [-0.05, 0) is 25.0 Å². The van der Waals surface area contributed by atoms with Crippen LogP contribution in [-0.4, -0.2) is 63.2 Å². The van der Waals surface area contributed by atoms with Crippen LogP contribution in [0.25, 0.3) is 0 Å². The summed E-state index contributed by atoms with van der Waals surface area (Å²) < 4.78 is 30.3. The van der Waals surface area contributed by atoms with Crippen LogP contribution in [0.3, 0.4) is 0 Å². The molecule has 0 saturated carbocycles. The van der Waals surface area contributed by atoms with E-state index in [0.717, 1.165) is 36.5 Å². The van der Waals surface area contributed by atoms with E-state index in [1.165, 1.54) is 10.6 Å². The Balaban J connectivity index is 1.78. The molecule has 1 aliphatic rings. The largest absolute Gasteiger partial charge is 0.492 e. The Morgan fingerprint density at radius 1 is 1.10 bits per heavy atom. The van der Waals surface area contributed by atoms with Crippen LogP contribution in [0.15, 0.2) is 18.2 Å². The fraction of sp³-hybridized carbons (Fsp3) is 0.600. The molecule has 1 aliphatic heterocycles. The second kappa shape index (κ2) is 6.77. The van der Waals surface area contributed by atoms with Gasteiger partial charge in [-0.1, -0.05) is 18.2 Å². The first-order chi connectivity index (χ1) is 9.88. The van der Waals surface area contributed by atoms with E-state index in [4.69, 9.17) is 4.74 Å². The van der Waals surface area contributed by atoms with Crippen LogP contribution in [0, 0.1) is 13.8 Å². The number of piperazine rings is 1. The second-order valence-corrected chi connectivity index (χ2v) is 7.56. The zero-order chi connectivity index (χ0) is 15.5. The van der Waals surface area contributed by atoms with E-state index in [-0.39, 0.29) is 0 Å². The summed E-state index contributed by atoms with van der Waals surface area (Å²) in [4.78, 5) is 2.25. The van der Waals surface area contributed by atoms with Crippen molar-refractivity contribution in [1.29, 1.82) is 0 Å². The molecule has 0 spiro atoms. The molecule has 2 rings (SSSR count). The van der Waals surface area contributed by atoms with E-state index in [9.17, 15) is 8.42 Å². The van der Waals surface area contributed by atoms with E-state index in [0.29, 0.717) is 19.7 Å². The van der Waals surface area contributed by atoms with Gasteiger partial charge < -0.3 is 4.74 Å². The average Bonchev–Trinajstić information content (AvgIpc) is 2.42. The summed E-state index contributed by atoms with van der Waals surface area (Å²) in [5.74, 6) is 0.965. The number of hydrogen-bond acceptors (Lipinski definition) is 4. The van der Waals surface area contributed by atoms with E-state index >= 15 is 0 Å². The van der Waals surface area contributed by atoms with Gasteiger partial charge in [0.1, 0.15) is 12.4 Å². The summed E-state index contributed by atoms with van der Waals surface area (Å²) in [6, 6.07) is 6.13. The summed E-state index contributed by atoms with van der Waals surface area (Å²) in [5, 5.41) is 0. The van der Waals surface area contributed by atoms with Gasteiger partial charge in [-0.25, -0.2) is 8.42 Å². The van der Waals surface area contributed by atoms with Crippen molar-refractivity contribution in [3.63, 3.8) is 0 Å². The van der Waals surface area contributed by atoms with Gasteiger partial charge in [-0.3, -0.25) is 4.90 Å². The molecular weight excluding hydrogens is 288 g/mol. The molecule has 0 bridgehead atoms. The van der Waals surface area contributed by atoms with Crippen LogP contribution in [0.2, 0.25) is 0 Å². The van der Waals surface area contributed by atoms with Crippen LogP contribution in [0.1, 0.15) is 11.1 Å². The van der Waals surface area contributed by atoms with Crippen molar-refractivity contribution < 1.29 is 13.2 Å². The van der Waals surface area contributed by atoms with Gasteiger partial charge in [0, 0.05) is 32.7 Å². The number of ether oxygens (including phenoxy) is 1. The Kier molecular flexibility index (Phi) is 5.24.